The fourth-order valence-electron chi connectivity index (χ4n) is 2.08. The number of ether oxygens (including phenoxy) is 1. The van der Waals surface area contributed by atoms with Crippen molar-refractivity contribution < 1.29 is 17.9 Å². The molecule has 0 heterocycles. The van der Waals surface area contributed by atoms with Gasteiger partial charge >= 0.3 is 0 Å². The standard InChI is InChI=1S/C17H19IN2O4S/c1-3-24-15-8-10-16(11-9-15)25(22,23)20(2)12-17(21)19-14-6-4-13(18)5-7-14/h4-11H,3,12H2,1-2H3,(H,19,21). The molecule has 2 aromatic rings. The molecule has 134 valence electrons. The normalized spacial score (nSPS) is 11.4. The highest BCUT2D eigenvalue weighted by Gasteiger charge is 2.23. The first-order chi connectivity index (χ1) is 11.8. The molecule has 0 unspecified atom stereocenters. The number of hydrogen-bond acceptors (Lipinski definition) is 4. The summed E-state index contributed by atoms with van der Waals surface area (Å²) in [6, 6.07) is 13.4. The van der Waals surface area contributed by atoms with Gasteiger partial charge in [-0.15, -0.1) is 0 Å². The number of nitrogens with zero attached hydrogens (tertiary/aromatic N) is 1. The SMILES string of the molecule is CCOc1ccc(S(=O)(=O)N(C)CC(=O)Nc2ccc(I)cc2)cc1. The van der Waals surface area contributed by atoms with Crippen LogP contribution in [0.5, 0.6) is 5.75 Å². The van der Waals surface area contributed by atoms with Crippen LogP contribution < -0.4 is 10.1 Å². The smallest absolute Gasteiger partial charge is 0.243 e. The summed E-state index contributed by atoms with van der Waals surface area (Å²) >= 11 is 2.17. The molecule has 2 aromatic carbocycles. The Hall–Kier alpha value is -1.65. The molecule has 0 radical (unpaired) electrons. The van der Waals surface area contributed by atoms with Crippen molar-refractivity contribution in [2.45, 2.75) is 11.8 Å². The van der Waals surface area contributed by atoms with Gasteiger partial charge in [-0.05, 0) is 78.0 Å². The molecule has 2 rings (SSSR count). The first-order valence-corrected chi connectivity index (χ1v) is 10.1. The number of carbonyl (C=O) groups excluding carboxylic acids is 1. The van der Waals surface area contributed by atoms with Crippen molar-refractivity contribution in [3.8, 4) is 5.75 Å². The zero-order valence-electron chi connectivity index (χ0n) is 13.9. The summed E-state index contributed by atoms with van der Waals surface area (Å²) < 4.78 is 32.4. The number of sulfonamides is 1. The minimum atomic E-state index is -3.75. The van der Waals surface area contributed by atoms with Crippen LogP contribution in [0.3, 0.4) is 0 Å². The van der Waals surface area contributed by atoms with E-state index in [-0.39, 0.29) is 11.4 Å². The topological polar surface area (TPSA) is 75.7 Å². The summed E-state index contributed by atoms with van der Waals surface area (Å²) in [5.41, 5.74) is 0.622. The Morgan fingerprint density at radius 1 is 1.12 bits per heavy atom. The summed E-state index contributed by atoms with van der Waals surface area (Å²) in [6.07, 6.45) is 0. The van der Waals surface area contributed by atoms with E-state index in [9.17, 15) is 13.2 Å². The quantitative estimate of drug-likeness (QED) is 0.627. The Bertz CT molecular complexity index is 821. The summed E-state index contributed by atoms with van der Waals surface area (Å²) in [5, 5.41) is 2.68. The van der Waals surface area contributed by atoms with Crippen molar-refractivity contribution in [2.75, 3.05) is 25.5 Å². The molecule has 0 bridgehead atoms. The zero-order valence-corrected chi connectivity index (χ0v) is 16.9. The molecule has 25 heavy (non-hydrogen) atoms. The second kappa shape index (κ2) is 8.63. The van der Waals surface area contributed by atoms with E-state index in [2.05, 4.69) is 27.9 Å². The van der Waals surface area contributed by atoms with Gasteiger partial charge in [-0.3, -0.25) is 4.79 Å². The lowest BCUT2D eigenvalue weighted by molar-refractivity contribution is -0.116. The van der Waals surface area contributed by atoms with Crippen LogP contribution in [0.25, 0.3) is 0 Å². The molecule has 0 saturated carbocycles. The number of benzene rings is 2. The minimum Gasteiger partial charge on any atom is -0.494 e. The number of likely N-dealkylation sites (N-methyl/N-ethyl adjacent to an activating group) is 1. The van der Waals surface area contributed by atoms with Crippen molar-refractivity contribution in [2.24, 2.45) is 0 Å². The van der Waals surface area contributed by atoms with Gasteiger partial charge in [0.15, 0.2) is 0 Å². The van der Waals surface area contributed by atoms with E-state index in [1.807, 2.05) is 19.1 Å². The maximum absolute atomic E-state index is 12.5. The largest absolute Gasteiger partial charge is 0.494 e. The molecule has 1 amide bonds. The molecular formula is C17H19IN2O4S. The third kappa shape index (κ3) is 5.41. The molecule has 8 heteroatoms. The number of carbonyl (C=O) groups is 1. The molecule has 0 aliphatic rings. The fraction of sp³-hybridized carbons (Fsp3) is 0.235. The monoisotopic (exact) mass is 474 g/mol. The second-order valence-corrected chi connectivity index (χ2v) is 8.51. The molecule has 0 aliphatic heterocycles. The van der Waals surface area contributed by atoms with Gasteiger partial charge < -0.3 is 10.1 Å². The van der Waals surface area contributed by atoms with E-state index < -0.39 is 15.9 Å². The van der Waals surface area contributed by atoms with Gasteiger partial charge in [-0.25, -0.2) is 8.42 Å². The van der Waals surface area contributed by atoms with E-state index >= 15 is 0 Å². The van der Waals surface area contributed by atoms with Crippen LogP contribution in [0.2, 0.25) is 0 Å². The Labute approximate surface area is 161 Å². The number of nitrogens with one attached hydrogen (secondary N) is 1. The lowest BCUT2D eigenvalue weighted by Gasteiger charge is -2.17. The van der Waals surface area contributed by atoms with Crippen molar-refractivity contribution >= 4 is 44.2 Å². The fourth-order valence-corrected chi connectivity index (χ4v) is 3.56. The molecule has 0 aliphatic carbocycles. The van der Waals surface area contributed by atoms with Crippen LogP contribution in [0.15, 0.2) is 53.4 Å². The highest BCUT2D eigenvalue weighted by molar-refractivity contribution is 14.1. The van der Waals surface area contributed by atoms with Crippen LogP contribution in [-0.4, -0.2) is 38.8 Å². The van der Waals surface area contributed by atoms with Gasteiger partial charge in [-0.1, -0.05) is 0 Å². The van der Waals surface area contributed by atoms with Gasteiger partial charge in [0.2, 0.25) is 15.9 Å². The van der Waals surface area contributed by atoms with Crippen molar-refractivity contribution in [3.05, 3.63) is 52.1 Å². The van der Waals surface area contributed by atoms with Crippen LogP contribution in [-0.2, 0) is 14.8 Å². The Morgan fingerprint density at radius 3 is 2.28 bits per heavy atom. The number of amides is 1. The summed E-state index contributed by atoms with van der Waals surface area (Å²) in [4.78, 5) is 12.2. The van der Waals surface area contributed by atoms with E-state index in [0.29, 0.717) is 18.0 Å². The van der Waals surface area contributed by atoms with E-state index in [1.54, 1.807) is 24.3 Å². The lowest BCUT2D eigenvalue weighted by Crippen LogP contribution is -2.34. The molecular weight excluding hydrogens is 455 g/mol. The van der Waals surface area contributed by atoms with Gasteiger partial charge in [-0.2, -0.15) is 4.31 Å². The van der Waals surface area contributed by atoms with Crippen LogP contribution >= 0.6 is 22.6 Å². The predicted octanol–water partition coefficient (Wildman–Crippen LogP) is 2.95. The first-order valence-electron chi connectivity index (χ1n) is 7.57. The number of hydrogen-bond donors (Lipinski definition) is 1. The molecule has 0 spiro atoms. The highest BCUT2D eigenvalue weighted by atomic mass is 127. The molecule has 0 saturated heterocycles. The molecule has 0 fully saturated rings. The average Bonchev–Trinajstić information content (AvgIpc) is 2.57. The number of halogens is 1. The summed E-state index contributed by atoms with van der Waals surface area (Å²) in [7, 11) is -2.37. The van der Waals surface area contributed by atoms with Gasteiger partial charge in [0.25, 0.3) is 0 Å². The third-order valence-corrected chi connectivity index (χ3v) is 5.87. The van der Waals surface area contributed by atoms with Crippen molar-refractivity contribution in [1.29, 1.82) is 0 Å². The van der Waals surface area contributed by atoms with Gasteiger partial charge in [0, 0.05) is 16.3 Å². The zero-order chi connectivity index (χ0) is 18.4. The van der Waals surface area contributed by atoms with Gasteiger partial charge in [0.1, 0.15) is 5.75 Å². The van der Waals surface area contributed by atoms with Crippen LogP contribution in [0.4, 0.5) is 5.69 Å². The number of anilines is 1. The maximum Gasteiger partial charge on any atom is 0.243 e. The second-order valence-electron chi connectivity index (χ2n) is 5.22. The molecule has 0 atom stereocenters. The van der Waals surface area contributed by atoms with E-state index in [1.165, 1.54) is 19.2 Å². The maximum atomic E-state index is 12.5. The molecule has 0 aromatic heterocycles. The van der Waals surface area contributed by atoms with Crippen molar-refractivity contribution in [1.82, 2.24) is 4.31 Å². The molecule has 6 nitrogen and oxygen atoms in total. The Kier molecular flexibility index (Phi) is 6.79. The van der Waals surface area contributed by atoms with E-state index in [4.69, 9.17) is 4.74 Å². The average molecular weight is 474 g/mol. The minimum absolute atomic E-state index is 0.112. The molecule has 1 N–H and O–H groups in total. The Morgan fingerprint density at radius 2 is 1.72 bits per heavy atom. The third-order valence-electron chi connectivity index (χ3n) is 3.34. The number of rotatable bonds is 7. The lowest BCUT2D eigenvalue weighted by atomic mass is 10.3. The van der Waals surface area contributed by atoms with Gasteiger partial charge in [0.05, 0.1) is 18.0 Å². The highest BCUT2D eigenvalue weighted by Crippen LogP contribution is 2.19. The predicted molar refractivity (Wildman–Crippen MR) is 105 cm³/mol. The summed E-state index contributed by atoms with van der Waals surface area (Å²) in [6.45, 7) is 2.08. The first kappa shape index (κ1) is 19.7. The van der Waals surface area contributed by atoms with Crippen LogP contribution in [0, 0.1) is 3.57 Å². The van der Waals surface area contributed by atoms with E-state index in [0.717, 1.165) is 7.88 Å². The van der Waals surface area contributed by atoms with Crippen molar-refractivity contribution in [3.63, 3.8) is 0 Å². The van der Waals surface area contributed by atoms with Crippen LogP contribution in [0.1, 0.15) is 6.92 Å². The Balaban J connectivity index is 2.03. The summed E-state index contributed by atoms with van der Waals surface area (Å²) in [5.74, 6) is 0.193.